The van der Waals surface area contributed by atoms with Gasteiger partial charge in [0.25, 0.3) is 0 Å². The van der Waals surface area contributed by atoms with Crippen LogP contribution in [-0.2, 0) is 22.4 Å². The zero-order chi connectivity index (χ0) is 55.7. The van der Waals surface area contributed by atoms with Crippen molar-refractivity contribution in [3.05, 3.63) is 180 Å². The highest BCUT2D eigenvalue weighted by atomic mass is 19.4. The van der Waals surface area contributed by atoms with Gasteiger partial charge in [-0.2, -0.15) is 13.2 Å². The van der Waals surface area contributed by atoms with Crippen molar-refractivity contribution in [1.82, 2.24) is 40.1 Å². The molecule has 4 aromatic heterocycles. The van der Waals surface area contributed by atoms with Crippen molar-refractivity contribution < 1.29 is 38.5 Å². The van der Waals surface area contributed by atoms with Crippen LogP contribution in [-0.4, -0.2) is 96.7 Å². The maximum atomic E-state index is 12.7. The number of carbonyl (C=O) groups excluding carboxylic acids is 4. The minimum Gasteiger partial charge on any atom is -0.444 e. The molecular weight excluding hydrogens is 982 g/mol. The molecule has 0 spiro atoms. The summed E-state index contributed by atoms with van der Waals surface area (Å²) in [6, 6.07) is 35.3. The third-order valence-electron chi connectivity index (χ3n) is 13.0. The fourth-order valence-electron chi connectivity index (χ4n) is 9.41. The summed E-state index contributed by atoms with van der Waals surface area (Å²) in [5, 5.41) is 5.50. The lowest BCUT2D eigenvalue weighted by Crippen LogP contribution is -2.42. The Bertz CT molecular complexity index is 3270. The number of likely N-dealkylation sites (tertiary alicyclic amines) is 1. The van der Waals surface area contributed by atoms with Crippen molar-refractivity contribution in [1.29, 1.82) is 0 Å². The zero-order valence-electron chi connectivity index (χ0n) is 44.7. The number of aldehydes is 1. The number of rotatable bonds is 10. The molecule has 398 valence electrons. The molecule has 0 radical (unpaired) electrons. The van der Waals surface area contributed by atoms with E-state index in [0.717, 1.165) is 86.9 Å². The number of ether oxygens (including phenoxy) is 1. The third kappa shape index (κ3) is 15.5. The maximum absolute atomic E-state index is 12.7. The molecule has 0 bridgehead atoms. The number of ketones is 2. The summed E-state index contributed by atoms with van der Waals surface area (Å²) in [5.41, 5.74) is 10.8. The van der Waals surface area contributed by atoms with E-state index in [2.05, 4.69) is 59.5 Å². The van der Waals surface area contributed by atoms with Crippen LogP contribution in [0.3, 0.4) is 0 Å². The van der Waals surface area contributed by atoms with Crippen molar-refractivity contribution in [2.75, 3.05) is 26.2 Å². The molecule has 0 aliphatic carbocycles. The molecule has 2 aliphatic heterocycles. The first-order valence-corrected chi connectivity index (χ1v) is 25.6. The molecule has 10 rings (SSSR count). The van der Waals surface area contributed by atoms with Crippen LogP contribution in [0, 0.1) is 0 Å². The van der Waals surface area contributed by atoms with E-state index in [1.807, 2.05) is 118 Å². The van der Waals surface area contributed by atoms with E-state index in [9.17, 15) is 27.6 Å². The predicted octanol–water partition coefficient (Wildman–Crippen LogP) is 12.6. The van der Waals surface area contributed by atoms with Gasteiger partial charge in [0.2, 0.25) is 6.29 Å². The summed E-state index contributed by atoms with van der Waals surface area (Å²) < 4.78 is 43.1. The van der Waals surface area contributed by atoms with Crippen LogP contribution >= 0.6 is 0 Å². The number of halogens is 3. The Hall–Kier alpha value is -8.11. The molecule has 2 unspecified atom stereocenters. The van der Waals surface area contributed by atoms with Crippen molar-refractivity contribution in [3.8, 4) is 22.3 Å². The number of nitrogens with zero attached hydrogens (tertiary/aromatic N) is 7. The van der Waals surface area contributed by atoms with Gasteiger partial charge >= 0.3 is 12.3 Å². The Morgan fingerprint density at radius 3 is 1.60 bits per heavy atom. The van der Waals surface area contributed by atoms with Crippen molar-refractivity contribution in [3.63, 3.8) is 0 Å². The molecule has 2 saturated heterocycles. The molecule has 0 saturated carbocycles. The first kappa shape index (κ1) is 55.1. The number of benzene rings is 4. The summed E-state index contributed by atoms with van der Waals surface area (Å²) in [6.45, 7) is 11.3. The van der Waals surface area contributed by atoms with Crippen LogP contribution in [0.1, 0.15) is 117 Å². The highest BCUT2D eigenvalue weighted by Crippen LogP contribution is 2.37. The number of hydrogen-bond donors (Lipinski definition) is 1. The lowest BCUT2D eigenvalue weighted by Gasteiger charge is -2.34. The first-order chi connectivity index (χ1) is 37.5. The monoisotopic (exact) mass is 1050 g/mol. The molecule has 2 fully saturated rings. The molecule has 1 amide bonds. The number of pyridine rings is 2. The fourth-order valence-corrected chi connectivity index (χ4v) is 9.41. The summed E-state index contributed by atoms with van der Waals surface area (Å²) in [4.78, 5) is 75.0. The van der Waals surface area contributed by atoms with Gasteiger partial charge in [-0.25, -0.2) is 24.7 Å². The minimum absolute atomic E-state index is 0.0330. The Morgan fingerprint density at radius 1 is 0.688 bits per heavy atom. The SMILES string of the molecule is CC(C)(C)OC(=O)N1CCCC(c2ccc(-c3ccc(C(=O)Cc4ccccn4)cc3)c3cncnc23)C1.O=C(Cc1ccccn1)c1ccc(-c2ccc(C3CCCNC3)c3ncncc23)cc1.O=CC(F)(F)F.[2H]CC. The average molecular weight is 1050 g/mol. The van der Waals surface area contributed by atoms with Crippen molar-refractivity contribution in [2.24, 2.45) is 0 Å². The quantitative estimate of drug-likeness (QED) is 0.102. The average Bonchev–Trinajstić information content (AvgIpc) is 3.58. The smallest absolute Gasteiger partial charge is 0.444 e. The summed E-state index contributed by atoms with van der Waals surface area (Å²) in [5.74, 6) is 0.741. The van der Waals surface area contributed by atoms with Gasteiger partial charge in [-0.1, -0.05) is 98.8 Å². The number of nitrogens with one attached hydrogen (secondary N) is 1. The Balaban J connectivity index is 0.000000199. The maximum Gasteiger partial charge on any atom is 0.446 e. The van der Waals surface area contributed by atoms with Crippen molar-refractivity contribution >= 4 is 45.8 Å². The third-order valence-corrected chi connectivity index (χ3v) is 13.0. The predicted molar refractivity (Wildman–Crippen MR) is 293 cm³/mol. The van der Waals surface area contributed by atoms with Crippen LogP contribution < -0.4 is 5.32 Å². The van der Waals surface area contributed by atoms with Crippen LogP contribution in [0.15, 0.2) is 147 Å². The van der Waals surface area contributed by atoms with Crippen LogP contribution in [0.25, 0.3) is 44.1 Å². The van der Waals surface area contributed by atoms with Gasteiger partial charge in [0.05, 0.1) is 23.9 Å². The Kier molecular flexibility index (Phi) is 19.0. The van der Waals surface area contributed by atoms with Crippen LogP contribution in [0.5, 0.6) is 0 Å². The molecule has 2 aliphatic rings. The Labute approximate surface area is 448 Å². The molecule has 13 nitrogen and oxygen atoms in total. The summed E-state index contributed by atoms with van der Waals surface area (Å²) in [7, 11) is 0. The standard InChI is InChI=1S/C31H32N4O3.C26H24N4O.C2HF3O.C2H6/c1-31(2,3)38-30(37)35-16-6-7-23(19-35)26-14-13-25(27-18-32-20-34-29(26)27)21-9-11-22(12-10-21)28(36)17-24-8-4-5-15-33-24;31-25(14-21-5-1-2-13-29-21)19-8-6-18(7-9-19)22-10-11-23(20-4-3-12-27-15-20)26-24(22)16-28-17-30-26;3-2(4,5)1-6;1-2/h4-5,8-15,18,20,23H,6-7,16-17,19H2,1-3H3;1-2,5-11,13,16-17,20,27H,3-4,12,14-15H2;1H;1-2H3/i;;;1D. The Morgan fingerprint density at radius 2 is 1.17 bits per heavy atom. The summed E-state index contributed by atoms with van der Waals surface area (Å²) in [6.07, 6.45) is 9.22. The molecule has 2 atom stereocenters. The second-order valence-electron chi connectivity index (χ2n) is 19.4. The number of fused-ring (bicyclic) bond motifs is 2. The topological polar surface area (TPSA) is 170 Å². The largest absolute Gasteiger partial charge is 0.446 e. The molecule has 8 aromatic rings. The fraction of sp³-hybridized carbons (Fsp3) is 0.311. The zero-order valence-corrected chi connectivity index (χ0v) is 43.7. The molecule has 4 aromatic carbocycles. The molecule has 77 heavy (non-hydrogen) atoms. The number of aromatic nitrogens is 6. The number of carbonyl (C=O) groups is 4. The van der Waals surface area contributed by atoms with E-state index < -0.39 is 18.1 Å². The molecule has 1 N–H and O–H groups in total. The van der Waals surface area contributed by atoms with E-state index in [4.69, 9.17) is 10.9 Å². The van der Waals surface area contributed by atoms with E-state index in [0.29, 0.717) is 43.5 Å². The number of alkyl halides is 3. The second kappa shape index (κ2) is 26.6. The van der Waals surface area contributed by atoms with E-state index >= 15 is 0 Å². The lowest BCUT2D eigenvalue weighted by atomic mass is 9.87. The van der Waals surface area contributed by atoms with Crippen LogP contribution in [0.4, 0.5) is 18.0 Å². The highest BCUT2D eigenvalue weighted by molar-refractivity contribution is 6.01. The van der Waals surface area contributed by atoms with Gasteiger partial charge in [0.15, 0.2) is 11.6 Å². The summed E-state index contributed by atoms with van der Waals surface area (Å²) >= 11 is 0. The van der Waals surface area contributed by atoms with E-state index in [-0.39, 0.29) is 30.0 Å². The van der Waals surface area contributed by atoms with Crippen LogP contribution in [0.2, 0.25) is 0 Å². The van der Waals surface area contributed by atoms with Gasteiger partial charge in [-0.3, -0.25) is 24.4 Å². The van der Waals surface area contributed by atoms with Gasteiger partial charge in [-0.15, -0.1) is 0 Å². The number of piperidine rings is 2. The van der Waals surface area contributed by atoms with Gasteiger partial charge < -0.3 is 15.0 Å². The molecule has 6 heterocycles. The minimum atomic E-state index is -4.64. The van der Waals surface area contributed by atoms with Gasteiger partial charge in [0.1, 0.15) is 18.3 Å². The number of hydrogen-bond acceptors (Lipinski definition) is 12. The molecular formula is C61H63F3N8O5. The highest BCUT2D eigenvalue weighted by Gasteiger charge is 2.30. The van der Waals surface area contributed by atoms with Crippen molar-refractivity contribution in [2.45, 2.75) is 96.7 Å². The number of Topliss-reactive ketones (excluding diaryl/α,β-unsaturated/α-hetero) is 2. The lowest BCUT2D eigenvalue weighted by molar-refractivity contribution is -0.156. The first-order valence-electron chi connectivity index (χ1n) is 26.3. The van der Waals surface area contributed by atoms with E-state index in [1.165, 1.54) is 18.4 Å². The van der Waals surface area contributed by atoms with E-state index in [1.54, 1.807) is 36.9 Å². The number of amides is 1. The van der Waals surface area contributed by atoms with Gasteiger partial charge in [-0.05, 0) is 117 Å². The second-order valence-corrected chi connectivity index (χ2v) is 19.4. The molecule has 16 heteroatoms. The van der Waals surface area contributed by atoms with Gasteiger partial charge in [0, 0.05) is 85.0 Å². The normalized spacial score (nSPS) is 15.5.